The summed E-state index contributed by atoms with van der Waals surface area (Å²) >= 11 is 11.6. The maximum atomic E-state index is 11.5. The van der Waals surface area contributed by atoms with Gasteiger partial charge in [-0.1, -0.05) is 11.6 Å². The van der Waals surface area contributed by atoms with Crippen LogP contribution in [0.25, 0.3) is 0 Å². The van der Waals surface area contributed by atoms with Crippen molar-refractivity contribution in [1.82, 2.24) is 9.97 Å². The van der Waals surface area contributed by atoms with Crippen LogP contribution >= 0.6 is 23.2 Å². The molecule has 1 aromatic heterocycles. The van der Waals surface area contributed by atoms with Crippen LogP contribution in [0.5, 0.6) is 0 Å². The normalized spacial score (nSPS) is 21.1. The quantitative estimate of drug-likeness (QED) is 0.594. The van der Waals surface area contributed by atoms with E-state index in [2.05, 4.69) is 9.97 Å². The first-order valence-electron chi connectivity index (χ1n) is 4.30. The van der Waals surface area contributed by atoms with Crippen LogP contribution in [-0.2, 0) is 4.79 Å². The van der Waals surface area contributed by atoms with Gasteiger partial charge in [0.2, 0.25) is 5.91 Å². The number of hydrogen-bond donors (Lipinski definition) is 1. The summed E-state index contributed by atoms with van der Waals surface area (Å²) in [6.07, 6.45) is 1.56. The minimum atomic E-state index is -0.203. The number of nitrogens with zero attached hydrogens (tertiary/aromatic N) is 3. The fraction of sp³-hybridized carbons (Fsp3) is 0.375. The topological polar surface area (TPSA) is 72.1 Å². The van der Waals surface area contributed by atoms with Gasteiger partial charge in [0.25, 0.3) is 0 Å². The average molecular weight is 247 g/mol. The van der Waals surface area contributed by atoms with Crippen LogP contribution in [0.4, 0.5) is 11.5 Å². The molecule has 1 atom stereocenters. The zero-order valence-electron chi connectivity index (χ0n) is 7.65. The van der Waals surface area contributed by atoms with Crippen molar-refractivity contribution >= 4 is 40.6 Å². The molecule has 2 heterocycles. The van der Waals surface area contributed by atoms with E-state index in [1.165, 1.54) is 11.2 Å². The first-order valence-corrected chi connectivity index (χ1v) is 5.11. The first-order chi connectivity index (χ1) is 7.09. The molecule has 1 saturated heterocycles. The van der Waals surface area contributed by atoms with E-state index in [-0.39, 0.29) is 22.1 Å². The lowest BCUT2D eigenvalue weighted by molar-refractivity contribution is -0.117. The highest BCUT2D eigenvalue weighted by Gasteiger charge is 2.31. The number of hydrogen-bond acceptors (Lipinski definition) is 4. The molecule has 2 rings (SSSR count). The second-order valence-corrected chi connectivity index (χ2v) is 4.18. The molecule has 80 valence electrons. The van der Waals surface area contributed by atoms with E-state index in [0.717, 1.165) is 0 Å². The van der Waals surface area contributed by atoms with Gasteiger partial charge in [-0.15, -0.1) is 11.6 Å². The van der Waals surface area contributed by atoms with Crippen LogP contribution in [-0.4, -0.2) is 27.8 Å². The Morgan fingerprint density at radius 2 is 2.27 bits per heavy atom. The molecule has 1 unspecified atom stereocenters. The highest BCUT2D eigenvalue weighted by Crippen LogP contribution is 2.30. The second kappa shape index (κ2) is 3.83. The zero-order chi connectivity index (χ0) is 11.0. The van der Waals surface area contributed by atoms with Gasteiger partial charge in [0.1, 0.15) is 12.0 Å². The molecule has 1 aliphatic heterocycles. The van der Waals surface area contributed by atoms with Crippen LogP contribution in [0, 0.1) is 0 Å². The zero-order valence-corrected chi connectivity index (χ0v) is 9.16. The predicted molar refractivity (Wildman–Crippen MR) is 58.1 cm³/mol. The number of nitrogens with two attached hydrogens (primary N) is 1. The van der Waals surface area contributed by atoms with E-state index in [1.807, 2.05) is 0 Å². The molecule has 5 nitrogen and oxygen atoms in total. The highest BCUT2D eigenvalue weighted by molar-refractivity contribution is 6.32. The summed E-state index contributed by atoms with van der Waals surface area (Å²) in [4.78, 5) is 20.6. The molecule has 0 radical (unpaired) electrons. The average Bonchev–Trinajstić information content (AvgIpc) is 2.50. The van der Waals surface area contributed by atoms with Gasteiger partial charge in [-0.3, -0.25) is 9.69 Å². The Bertz CT molecular complexity index is 412. The van der Waals surface area contributed by atoms with Gasteiger partial charge in [0.05, 0.1) is 5.38 Å². The van der Waals surface area contributed by atoms with Gasteiger partial charge in [-0.25, -0.2) is 9.97 Å². The van der Waals surface area contributed by atoms with Crippen molar-refractivity contribution in [2.75, 3.05) is 17.2 Å². The van der Waals surface area contributed by atoms with E-state index < -0.39 is 0 Å². The van der Waals surface area contributed by atoms with Crippen molar-refractivity contribution in [2.24, 2.45) is 0 Å². The minimum Gasteiger partial charge on any atom is -0.393 e. The molecule has 1 aromatic rings. The number of nitrogen functional groups attached to an aromatic ring is 1. The molecule has 0 bridgehead atoms. The summed E-state index contributed by atoms with van der Waals surface area (Å²) in [5.41, 5.74) is 5.88. The van der Waals surface area contributed by atoms with Crippen LogP contribution in [0.1, 0.15) is 6.42 Å². The third-order valence-electron chi connectivity index (χ3n) is 2.15. The Kier molecular flexibility index (Phi) is 2.67. The third kappa shape index (κ3) is 1.85. The Morgan fingerprint density at radius 3 is 2.87 bits per heavy atom. The molecule has 1 aliphatic rings. The number of aromatic nitrogens is 2. The van der Waals surface area contributed by atoms with Crippen LogP contribution < -0.4 is 10.6 Å². The summed E-state index contributed by atoms with van der Waals surface area (Å²) in [5, 5.41) is -0.0588. The van der Waals surface area contributed by atoms with Crippen molar-refractivity contribution < 1.29 is 4.79 Å². The van der Waals surface area contributed by atoms with E-state index in [0.29, 0.717) is 18.8 Å². The number of carbonyl (C=O) groups excluding carboxylic acids is 1. The van der Waals surface area contributed by atoms with E-state index >= 15 is 0 Å². The molecule has 15 heavy (non-hydrogen) atoms. The maximum Gasteiger partial charge on any atom is 0.229 e. The molecular formula is C8H8Cl2N4O. The summed E-state index contributed by atoms with van der Waals surface area (Å²) in [6.45, 7) is 0.401. The lowest BCUT2D eigenvalue weighted by atomic mass is 10.4. The summed E-state index contributed by atoms with van der Waals surface area (Å²) in [7, 11) is 0. The predicted octanol–water partition coefficient (Wildman–Crippen LogP) is 1.06. The Balaban J connectivity index is 2.38. The van der Waals surface area contributed by atoms with Crippen LogP contribution in [0.3, 0.4) is 0 Å². The Labute approximate surface area is 96.2 Å². The van der Waals surface area contributed by atoms with Gasteiger partial charge >= 0.3 is 0 Å². The standard InChI is InChI=1S/C8H8Cl2N4O/c9-4-1-5(15)14(2-4)8-6(11)7(10)12-3-13-8/h3-4H,1-2,11H2. The second-order valence-electron chi connectivity index (χ2n) is 3.21. The number of halogens is 2. The largest absolute Gasteiger partial charge is 0.393 e. The molecule has 1 fully saturated rings. The minimum absolute atomic E-state index is 0.100. The number of carbonyl (C=O) groups is 1. The van der Waals surface area contributed by atoms with Crippen molar-refractivity contribution in [3.63, 3.8) is 0 Å². The van der Waals surface area contributed by atoms with Crippen LogP contribution in [0.15, 0.2) is 6.33 Å². The molecule has 7 heteroatoms. The Morgan fingerprint density at radius 1 is 1.53 bits per heavy atom. The number of rotatable bonds is 1. The highest BCUT2D eigenvalue weighted by atomic mass is 35.5. The van der Waals surface area contributed by atoms with Gasteiger partial charge in [0.15, 0.2) is 11.0 Å². The molecule has 0 spiro atoms. The van der Waals surface area contributed by atoms with Crippen molar-refractivity contribution in [3.8, 4) is 0 Å². The summed E-state index contributed by atoms with van der Waals surface area (Å²) < 4.78 is 0. The van der Waals surface area contributed by atoms with E-state index in [9.17, 15) is 4.79 Å². The summed E-state index contributed by atoms with van der Waals surface area (Å²) in [5.74, 6) is 0.236. The lowest BCUT2D eigenvalue weighted by Gasteiger charge is -2.16. The molecule has 0 saturated carbocycles. The molecular weight excluding hydrogens is 239 g/mol. The van der Waals surface area contributed by atoms with Gasteiger partial charge < -0.3 is 5.73 Å². The Hall–Kier alpha value is -1.07. The molecule has 1 amide bonds. The van der Waals surface area contributed by atoms with Crippen molar-refractivity contribution in [1.29, 1.82) is 0 Å². The maximum absolute atomic E-state index is 11.5. The summed E-state index contributed by atoms with van der Waals surface area (Å²) in [6, 6.07) is 0. The SMILES string of the molecule is Nc1c(Cl)ncnc1N1CC(Cl)CC1=O. The van der Waals surface area contributed by atoms with Gasteiger partial charge in [-0.05, 0) is 0 Å². The van der Waals surface area contributed by atoms with Gasteiger partial charge in [0, 0.05) is 13.0 Å². The van der Waals surface area contributed by atoms with Crippen molar-refractivity contribution in [3.05, 3.63) is 11.5 Å². The van der Waals surface area contributed by atoms with Crippen LogP contribution in [0.2, 0.25) is 5.15 Å². The van der Waals surface area contributed by atoms with E-state index in [4.69, 9.17) is 28.9 Å². The fourth-order valence-electron chi connectivity index (χ4n) is 1.45. The molecule has 2 N–H and O–H groups in total. The first kappa shape index (κ1) is 10.4. The molecule has 0 aromatic carbocycles. The third-order valence-corrected chi connectivity index (χ3v) is 2.74. The smallest absolute Gasteiger partial charge is 0.229 e. The van der Waals surface area contributed by atoms with E-state index in [1.54, 1.807) is 0 Å². The number of alkyl halides is 1. The number of amides is 1. The fourth-order valence-corrected chi connectivity index (χ4v) is 1.85. The molecule has 0 aliphatic carbocycles. The number of anilines is 2. The van der Waals surface area contributed by atoms with Crippen molar-refractivity contribution in [2.45, 2.75) is 11.8 Å². The lowest BCUT2D eigenvalue weighted by Crippen LogP contribution is -2.26. The van der Waals surface area contributed by atoms with Gasteiger partial charge in [-0.2, -0.15) is 0 Å². The monoisotopic (exact) mass is 246 g/mol.